The van der Waals surface area contributed by atoms with Crippen molar-refractivity contribution in [2.24, 2.45) is 12.2 Å². The van der Waals surface area contributed by atoms with Crippen LogP contribution in [0.3, 0.4) is 0 Å². The van der Waals surface area contributed by atoms with Gasteiger partial charge >= 0.3 is 0 Å². The molecule has 0 amide bonds. The molecule has 0 aliphatic carbocycles. The monoisotopic (exact) mass is 424 g/mol. The lowest BCUT2D eigenvalue weighted by molar-refractivity contribution is 0.317. The van der Waals surface area contributed by atoms with Crippen molar-refractivity contribution in [3.8, 4) is 0 Å². The lowest BCUT2D eigenvalue weighted by Crippen LogP contribution is -2.18. The number of aromatic nitrogens is 1. The standard InChI is InChI=1S/C22H21BrN2O2/c1-15-5-3-4-6-19(15)20(16-7-10-18(23)11-8-16)13-21(24-27)17-9-12-22(26)25(2)14-17/h3-12,14,20,27H,13H2,1-2H3/b24-21+/t20-/m0/s1. The first-order chi connectivity index (χ1) is 13.0. The molecule has 1 heterocycles. The van der Waals surface area contributed by atoms with Crippen LogP contribution in [-0.2, 0) is 7.05 Å². The minimum atomic E-state index is -0.0978. The summed E-state index contributed by atoms with van der Waals surface area (Å²) in [6.45, 7) is 2.09. The molecule has 0 bridgehead atoms. The van der Waals surface area contributed by atoms with Gasteiger partial charge in [-0.25, -0.2) is 0 Å². The smallest absolute Gasteiger partial charge is 0.250 e. The van der Waals surface area contributed by atoms with Crippen molar-refractivity contribution in [3.63, 3.8) is 0 Å². The van der Waals surface area contributed by atoms with Crippen molar-refractivity contribution in [2.75, 3.05) is 0 Å². The highest BCUT2D eigenvalue weighted by Crippen LogP contribution is 2.32. The van der Waals surface area contributed by atoms with E-state index in [0.29, 0.717) is 12.1 Å². The highest BCUT2D eigenvalue weighted by molar-refractivity contribution is 9.10. The second-order valence-electron chi connectivity index (χ2n) is 6.58. The summed E-state index contributed by atoms with van der Waals surface area (Å²) >= 11 is 3.49. The predicted octanol–water partition coefficient (Wildman–Crippen LogP) is 4.86. The van der Waals surface area contributed by atoms with Gasteiger partial charge in [0, 0.05) is 41.7 Å². The van der Waals surface area contributed by atoms with Crippen molar-refractivity contribution in [2.45, 2.75) is 19.3 Å². The predicted molar refractivity (Wildman–Crippen MR) is 112 cm³/mol. The normalized spacial score (nSPS) is 12.8. The molecule has 0 aliphatic heterocycles. The first-order valence-electron chi connectivity index (χ1n) is 8.68. The van der Waals surface area contributed by atoms with Crippen LogP contribution in [-0.4, -0.2) is 15.5 Å². The van der Waals surface area contributed by atoms with Gasteiger partial charge < -0.3 is 9.77 Å². The third kappa shape index (κ3) is 4.37. The van der Waals surface area contributed by atoms with Gasteiger partial charge in [0.05, 0.1) is 5.71 Å². The highest BCUT2D eigenvalue weighted by Gasteiger charge is 2.20. The summed E-state index contributed by atoms with van der Waals surface area (Å²) in [6.07, 6.45) is 2.22. The van der Waals surface area contributed by atoms with Crippen molar-refractivity contribution in [1.82, 2.24) is 4.57 Å². The van der Waals surface area contributed by atoms with Gasteiger partial charge in [-0.15, -0.1) is 0 Å². The number of benzene rings is 2. The zero-order valence-electron chi connectivity index (χ0n) is 15.3. The first-order valence-corrected chi connectivity index (χ1v) is 9.48. The van der Waals surface area contributed by atoms with Crippen LogP contribution in [0.2, 0.25) is 0 Å². The minimum Gasteiger partial charge on any atom is -0.411 e. The third-order valence-electron chi connectivity index (χ3n) is 4.77. The van der Waals surface area contributed by atoms with Crippen LogP contribution in [0.5, 0.6) is 0 Å². The topological polar surface area (TPSA) is 54.6 Å². The van der Waals surface area contributed by atoms with E-state index in [-0.39, 0.29) is 11.5 Å². The molecule has 4 nitrogen and oxygen atoms in total. The first kappa shape index (κ1) is 19.1. The summed E-state index contributed by atoms with van der Waals surface area (Å²) in [7, 11) is 1.69. The Bertz CT molecular complexity index is 1020. The molecule has 138 valence electrons. The Morgan fingerprint density at radius 3 is 2.44 bits per heavy atom. The maximum absolute atomic E-state index is 11.7. The van der Waals surface area contributed by atoms with Crippen LogP contribution in [0.4, 0.5) is 0 Å². The summed E-state index contributed by atoms with van der Waals surface area (Å²) in [5.74, 6) is 0.0300. The second kappa shape index (κ2) is 8.35. The second-order valence-corrected chi connectivity index (χ2v) is 7.49. The van der Waals surface area contributed by atoms with Crippen molar-refractivity contribution >= 4 is 21.6 Å². The summed E-state index contributed by atoms with van der Waals surface area (Å²) in [5.41, 5.74) is 4.68. The Kier molecular flexibility index (Phi) is 5.91. The Labute approximate surface area is 166 Å². The largest absolute Gasteiger partial charge is 0.411 e. The number of hydrogen-bond donors (Lipinski definition) is 1. The molecule has 0 radical (unpaired) electrons. The van der Waals surface area contributed by atoms with E-state index >= 15 is 0 Å². The van der Waals surface area contributed by atoms with Crippen LogP contribution in [0.15, 0.2) is 81.3 Å². The van der Waals surface area contributed by atoms with Crippen LogP contribution >= 0.6 is 15.9 Å². The molecule has 1 atom stereocenters. The van der Waals surface area contributed by atoms with E-state index < -0.39 is 0 Å². The number of pyridine rings is 1. The molecular formula is C22H21BrN2O2. The van der Waals surface area contributed by atoms with E-state index in [1.165, 1.54) is 21.8 Å². The zero-order valence-corrected chi connectivity index (χ0v) is 16.8. The Morgan fingerprint density at radius 1 is 1.11 bits per heavy atom. The number of nitrogens with zero attached hydrogens (tertiary/aromatic N) is 2. The lowest BCUT2D eigenvalue weighted by Gasteiger charge is -2.21. The molecule has 1 aromatic heterocycles. The van der Waals surface area contributed by atoms with Crippen LogP contribution in [0, 0.1) is 6.92 Å². The van der Waals surface area contributed by atoms with Gasteiger partial charge in [-0.3, -0.25) is 4.79 Å². The van der Waals surface area contributed by atoms with Crippen LogP contribution in [0.1, 0.15) is 34.6 Å². The fourth-order valence-corrected chi connectivity index (χ4v) is 3.52. The van der Waals surface area contributed by atoms with Gasteiger partial charge in [-0.2, -0.15) is 0 Å². The fourth-order valence-electron chi connectivity index (χ4n) is 3.25. The number of aryl methyl sites for hydroxylation is 2. The molecule has 0 spiro atoms. The molecule has 2 aromatic carbocycles. The number of oxime groups is 1. The molecule has 3 rings (SSSR count). The van der Waals surface area contributed by atoms with E-state index in [1.807, 2.05) is 24.3 Å². The number of halogens is 1. The SMILES string of the molecule is Cc1ccccc1[C@@H](C/C(=N\O)c1ccc(=O)n(C)c1)c1ccc(Br)cc1. The molecular weight excluding hydrogens is 404 g/mol. The zero-order chi connectivity index (χ0) is 19.4. The minimum absolute atomic E-state index is 0.0300. The Hall–Kier alpha value is -2.66. The number of rotatable bonds is 5. The molecule has 0 saturated carbocycles. The van der Waals surface area contributed by atoms with Crippen molar-refractivity contribution in [1.29, 1.82) is 0 Å². The molecule has 0 fully saturated rings. The highest BCUT2D eigenvalue weighted by atomic mass is 79.9. The maximum Gasteiger partial charge on any atom is 0.250 e. The summed E-state index contributed by atoms with van der Waals surface area (Å²) in [6, 6.07) is 19.6. The van der Waals surface area contributed by atoms with Gasteiger partial charge in [0.25, 0.3) is 0 Å². The molecule has 0 aliphatic rings. The Balaban J connectivity index is 2.04. The third-order valence-corrected chi connectivity index (χ3v) is 5.30. The Morgan fingerprint density at radius 2 is 1.81 bits per heavy atom. The molecule has 5 heteroatoms. The molecule has 0 unspecified atom stereocenters. The van der Waals surface area contributed by atoms with Crippen molar-refractivity contribution in [3.05, 3.63) is 104 Å². The van der Waals surface area contributed by atoms with Crippen molar-refractivity contribution < 1.29 is 5.21 Å². The van der Waals surface area contributed by atoms with Crippen LogP contribution in [0.25, 0.3) is 0 Å². The number of hydrogen-bond acceptors (Lipinski definition) is 3. The summed E-state index contributed by atoms with van der Waals surface area (Å²) < 4.78 is 2.51. The van der Waals surface area contributed by atoms with E-state index in [1.54, 1.807) is 19.3 Å². The lowest BCUT2D eigenvalue weighted by atomic mass is 9.83. The average molecular weight is 425 g/mol. The maximum atomic E-state index is 11.7. The van der Waals surface area contributed by atoms with Gasteiger partial charge in [0.15, 0.2) is 0 Å². The molecule has 27 heavy (non-hydrogen) atoms. The quantitative estimate of drug-likeness (QED) is 0.361. The van der Waals surface area contributed by atoms with Gasteiger partial charge in [0.1, 0.15) is 0 Å². The van der Waals surface area contributed by atoms with Crippen LogP contribution < -0.4 is 5.56 Å². The van der Waals surface area contributed by atoms with E-state index in [2.05, 4.69) is 52.3 Å². The van der Waals surface area contributed by atoms with E-state index in [0.717, 1.165) is 15.6 Å². The van der Waals surface area contributed by atoms with Gasteiger partial charge in [-0.1, -0.05) is 57.5 Å². The fraction of sp³-hybridized carbons (Fsp3) is 0.182. The van der Waals surface area contributed by atoms with Gasteiger partial charge in [-0.05, 0) is 41.8 Å². The molecule has 3 aromatic rings. The van der Waals surface area contributed by atoms with Gasteiger partial charge in [0.2, 0.25) is 5.56 Å². The molecule has 1 N–H and O–H groups in total. The molecule has 0 saturated heterocycles. The summed E-state index contributed by atoms with van der Waals surface area (Å²) in [5, 5.41) is 13.2. The van der Waals surface area contributed by atoms with E-state index in [4.69, 9.17) is 0 Å². The van der Waals surface area contributed by atoms with E-state index in [9.17, 15) is 10.0 Å². The average Bonchev–Trinajstić information content (AvgIpc) is 2.67. The summed E-state index contributed by atoms with van der Waals surface area (Å²) in [4.78, 5) is 11.7.